The Kier molecular flexibility index (Phi) is 6.13. The zero-order valence-corrected chi connectivity index (χ0v) is 23.3. The number of ketones is 3. The molecule has 3 atom stereocenters. The summed E-state index contributed by atoms with van der Waals surface area (Å²) in [5.74, 6) is -1.89. The fourth-order valence-corrected chi connectivity index (χ4v) is 7.28. The first-order valence-corrected chi connectivity index (χ1v) is 14.2. The largest absolute Gasteiger partial charge is 0.494 e. The summed E-state index contributed by atoms with van der Waals surface area (Å²) in [5.41, 5.74) is 1.33. The van der Waals surface area contributed by atoms with Gasteiger partial charge in [0.1, 0.15) is 23.0 Å². The Balaban J connectivity index is 1.56. The second kappa shape index (κ2) is 9.78. The number of nitrogens with zero attached hydrogens (tertiary/aromatic N) is 1. The van der Waals surface area contributed by atoms with E-state index in [1.54, 1.807) is 42.5 Å². The number of carbonyl (C=O) groups is 3. The molecule has 0 unspecified atom stereocenters. The van der Waals surface area contributed by atoms with Crippen molar-refractivity contribution in [3.05, 3.63) is 136 Å². The van der Waals surface area contributed by atoms with Crippen molar-refractivity contribution < 1.29 is 23.5 Å². The van der Waals surface area contributed by atoms with Gasteiger partial charge < -0.3 is 9.64 Å². The molecule has 7 rings (SSSR count). The maximum atomic E-state index is 14.8. The van der Waals surface area contributed by atoms with Gasteiger partial charge in [-0.25, -0.2) is 4.39 Å². The monoisotopic (exact) mass is 577 g/mol. The molecule has 5 nitrogen and oxygen atoms in total. The Morgan fingerprint density at radius 3 is 2.29 bits per heavy atom. The number of hydrogen-bond donors (Lipinski definition) is 0. The molecule has 4 aromatic rings. The zero-order valence-electron chi connectivity index (χ0n) is 22.6. The van der Waals surface area contributed by atoms with E-state index < -0.39 is 29.2 Å². The van der Waals surface area contributed by atoms with E-state index in [0.717, 1.165) is 5.56 Å². The molecule has 7 heteroatoms. The van der Waals surface area contributed by atoms with Gasteiger partial charge in [-0.1, -0.05) is 66.2 Å². The fourth-order valence-electron chi connectivity index (χ4n) is 7.10. The third-order valence-electron chi connectivity index (χ3n) is 8.72. The van der Waals surface area contributed by atoms with Crippen molar-refractivity contribution >= 4 is 40.7 Å². The predicted octanol–water partition coefficient (Wildman–Crippen LogP) is 7.19. The van der Waals surface area contributed by atoms with Crippen molar-refractivity contribution in [3.8, 4) is 5.75 Å². The average molecular weight is 578 g/mol. The molecule has 2 heterocycles. The minimum atomic E-state index is -1.66. The van der Waals surface area contributed by atoms with Crippen molar-refractivity contribution in [1.29, 1.82) is 0 Å². The van der Waals surface area contributed by atoms with Crippen LogP contribution in [0.5, 0.6) is 5.75 Å². The molecule has 1 fully saturated rings. The van der Waals surface area contributed by atoms with Gasteiger partial charge in [0, 0.05) is 38.9 Å². The highest BCUT2D eigenvalue weighted by Crippen LogP contribution is 2.62. The topological polar surface area (TPSA) is 63.7 Å². The summed E-state index contributed by atoms with van der Waals surface area (Å²) in [7, 11) is 0. The van der Waals surface area contributed by atoms with E-state index in [0.29, 0.717) is 39.8 Å². The Hall–Kier alpha value is -4.55. The van der Waals surface area contributed by atoms with Crippen LogP contribution in [0.1, 0.15) is 55.0 Å². The number of benzene rings is 4. The second-order valence-electron chi connectivity index (χ2n) is 10.8. The minimum Gasteiger partial charge on any atom is -0.494 e. The van der Waals surface area contributed by atoms with Gasteiger partial charge in [0.25, 0.3) is 0 Å². The predicted molar refractivity (Wildman–Crippen MR) is 159 cm³/mol. The molecule has 0 amide bonds. The van der Waals surface area contributed by atoms with Crippen LogP contribution in [0.4, 0.5) is 10.1 Å². The smallest absolute Gasteiger partial charge is 0.185 e. The minimum absolute atomic E-state index is 0.275. The van der Waals surface area contributed by atoms with Crippen LogP contribution in [0.25, 0.3) is 6.08 Å². The zero-order chi connectivity index (χ0) is 29.2. The van der Waals surface area contributed by atoms with E-state index in [1.165, 1.54) is 24.3 Å². The molecule has 1 aliphatic carbocycles. The molecule has 2 aliphatic heterocycles. The van der Waals surface area contributed by atoms with Gasteiger partial charge in [-0.2, -0.15) is 0 Å². The van der Waals surface area contributed by atoms with E-state index in [2.05, 4.69) is 0 Å². The van der Waals surface area contributed by atoms with Gasteiger partial charge in [0.05, 0.1) is 12.6 Å². The van der Waals surface area contributed by atoms with Crippen molar-refractivity contribution in [1.82, 2.24) is 0 Å². The van der Waals surface area contributed by atoms with Crippen LogP contribution in [-0.4, -0.2) is 36.0 Å². The number of anilines is 1. The number of Topliss-reactive ketones (excluding diaryl/α,β-unsaturated/α-hetero) is 3. The highest BCUT2D eigenvalue weighted by molar-refractivity contribution is 6.33. The summed E-state index contributed by atoms with van der Waals surface area (Å²) in [4.78, 5) is 46.1. The number of para-hydroxylation sites is 1. The SMILES string of the molecule is CCOc1ccccc1[C@H]1[C@H](C(=O)c2ccc(F)cc2)N2c3ccc(Cl)cc3C=C[C@@H]2C12C(=O)c1ccccc1C2=O. The second-order valence-corrected chi connectivity index (χ2v) is 11.2. The lowest BCUT2D eigenvalue weighted by Crippen LogP contribution is -2.48. The molecule has 0 N–H and O–H groups in total. The molecule has 208 valence electrons. The van der Waals surface area contributed by atoms with Gasteiger partial charge in [-0.3, -0.25) is 14.4 Å². The summed E-state index contributed by atoms with van der Waals surface area (Å²) < 4.78 is 20.0. The number of carbonyl (C=O) groups excluding carboxylic acids is 3. The first kappa shape index (κ1) is 26.4. The lowest BCUT2D eigenvalue weighted by Gasteiger charge is -2.37. The van der Waals surface area contributed by atoms with Gasteiger partial charge in [0.15, 0.2) is 17.3 Å². The van der Waals surface area contributed by atoms with E-state index in [9.17, 15) is 18.8 Å². The highest BCUT2D eigenvalue weighted by atomic mass is 35.5. The van der Waals surface area contributed by atoms with E-state index in [-0.39, 0.29) is 22.9 Å². The summed E-state index contributed by atoms with van der Waals surface area (Å²) >= 11 is 6.36. The van der Waals surface area contributed by atoms with Crippen molar-refractivity contribution in [3.63, 3.8) is 0 Å². The van der Waals surface area contributed by atoms with Crippen LogP contribution in [0.15, 0.2) is 97.1 Å². The van der Waals surface area contributed by atoms with Crippen LogP contribution in [0, 0.1) is 11.2 Å². The molecule has 42 heavy (non-hydrogen) atoms. The van der Waals surface area contributed by atoms with E-state index in [4.69, 9.17) is 16.3 Å². The molecule has 0 aromatic heterocycles. The van der Waals surface area contributed by atoms with Crippen LogP contribution in [0.2, 0.25) is 5.02 Å². The van der Waals surface area contributed by atoms with Crippen LogP contribution in [0.3, 0.4) is 0 Å². The number of fused-ring (bicyclic) bond motifs is 5. The average Bonchev–Trinajstić information content (AvgIpc) is 3.43. The Morgan fingerprint density at radius 2 is 1.60 bits per heavy atom. The number of ether oxygens (including phenoxy) is 1. The standard InChI is InChI=1S/C35H25ClFNO4/c1-2-42-28-10-6-5-9-26(28)30-31(32(39)20-11-15-23(37)16-12-20)38-27-17-14-22(36)19-21(27)13-18-29(38)35(30)33(40)24-7-3-4-8-25(24)34(35)41/h3-19,29-31H,2H2,1H3/t29-,30+,31-/m1/s1. The van der Waals surface area contributed by atoms with Crippen molar-refractivity contribution in [2.24, 2.45) is 5.41 Å². The number of hydrogen-bond acceptors (Lipinski definition) is 5. The maximum Gasteiger partial charge on any atom is 0.185 e. The molecule has 1 spiro atoms. The Morgan fingerprint density at radius 1 is 0.929 bits per heavy atom. The Bertz CT molecular complexity index is 1780. The third-order valence-corrected chi connectivity index (χ3v) is 8.95. The van der Waals surface area contributed by atoms with Crippen molar-refractivity contribution in [2.75, 3.05) is 11.5 Å². The number of halogens is 2. The summed E-state index contributed by atoms with van der Waals surface area (Å²) in [6.07, 6.45) is 3.71. The van der Waals surface area contributed by atoms with Gasteiger partial charge in [-0.15, -0.1) is 0 Å². The third kappa shape index (κ3) is 3.58. The summed E-state index contributed by atoms with van der Waals surface area (Å²) in [5, 5.41) is 0.519. The first-order chi connectivity index (χ1) is 20.4. The van der Waals surface area contributed by atoms with Gasteiger partial charge in [-0.05, 0) is 61.0 Å². The fraction of sp³-hybridized carbons (Fsp3) is 0.171. The lowest BCUT2D eigenvalue weighted by atomic mass is 9.64. The summed E-state index contributed by atoms with van der Waals surface area (Å²) in [6, 6.07) is 23.0. The van der Waals surface area contributed by atoms with Crippen LogP contribution in [-0.2, 0) is 0 Å². The lowest BCUT2D eigenvalue weighted by molar-refractivity contribution is 0.0664. The molecule has 3 aliphatic rings. The molecule has 0 bridgehead atoms. The maximum absolute atomic E-state index is 14.8. The van der Waals surface area contributed by atoms with Crippen LogP contribution >= 0.6 is 11.6 Å². The molecule has 0 saturated carbocycles. The Labute approximate surface area is 247 Å². The molecule has 1 saturated heterocycles. The molecule has 4 aromatic carbocycles. The first-order valence-electron chi connectivity index (χ1n) is 13.8. The quantitative estimate of drug-likeness (QED) is 0.185. The van der Waals surface area contributed by atoms with Gasteiger partial charge in [0.2, 0.25) is 0 Å². The van der Waals surface area contributed by atoms with E-state index >= 15 is 0 Å². The summed E-state index contributed by atoms with van der Waals surface area (Å²) in [6.45, 7) is 2.21. The van der Waals surface area contributed by atoms with Crippen molar-refractivity contribution in [2.45, 2.75) is 24.9 Å². The van der Waals surface area contributed by atoms with Gasteiger partial charge >= 0.3 is 0 Å². The highest BCUT2D eigenvalue weighted by Gasteiger charge is 2.71. The number of rotatable bonds is 5. The van der Waals surface area contributed by atoms with E-state index in [1.807, 2.05) is 48.2 Å². The van der Waals surface area contributed by atoms with Crippen LogP contribution < -0.4 is 9.64 Å². The molecule has 0 radical (unpaired) electrons. The normalized spacial score (nSPS) is 21.3. The molecular formula is C35H25ClFNO4. The molecular weight excluding hydrogens is 553 g/mol.